The van der Waals surface area contributed by atoms with E-state index in [1.165, 1.54) is 5.69 Å². The Kier molecular flexibility index (Phi) is 4.14. The molecule has 0 radical (unpaired) electrons. The first-order valence-corrected chi connectivity index (χ1v) is 8.77. The minimum atomic E-state index is -0.0592. The molecule has 0 saturated carbocycles. The van der Waals surface area contributed by atoms with Crippen LogP contribution in [-0.4, -0.2) is 34.4 Å². The van der Waals surface area contributed by atoms with Crippen molar-refractivity contribution in [1.29, 1.82) is 0 Å². The molecule has 3 aromatic rings. The molecule has 4 rings (SSSR count). The van der Waals surface area contributed by atoms with E-state index in [2.05, 4.69) is 39.5 Å². The zero-order chi connectivity index (χ0) is 17.2. The number of carbonyl (C=O) groups is 1. The van der Waals surface area contributed by atoms with Crippen molar-refractivity contribution in [3.63, 3.8) is 0 Å². The van der Waals surface area contributed by atoms with Gasteiger partial charge in [-0.1, -0.05) is 24.3 Å². The number of hydrogen-bond donors (Lipinski definition) is 1. The Hall–Kier alpha value is -2.82. The van der Waals surface area contributed by atoms with Crippen molar-refractivity contribution in [2.45, 2.75) is 25.8 Å². The second-order valence-electron chi connectivity index (χ2n) is 6.51. The number of imidazole rings is 1. The molecule has 1 amide bonds. The summed E-state index contributed by atoms with van der Waals surface area (Å²) in [5.41, 5.74) is 3.41. The predicted molar refractivity (Wildman–Crippen MR) is 99.1 cm³/mol. The molecule has 1 aliphatic rings. The van der Waals surface area contributed by atoms with Crippen LogP contribution in [0.2, 0.25) is 0 Å². The summed E-state index contributed by atoms with van der Waals surface area (Å²) in [6.45, 7) is 3.57. The summed E-state index contributed by atoms with van der Waals surface area (Å²) >= 11 is 0. The maximum atomic E-state index is 12.8. The average molecular weight is 334 g/mol. The Morgan fingerprint density at radius 2 is 2.00 bits per heavy atom. The Labute approximate surface area is 147 Å². The molecule has 1 atom stereocenters. The third kappa shape index (κ3) is 2.97. The molecular weight excluding hydrogens is 312 g/mol. The Bertz CT molecular complexity index is 887. The number of hydrogen-bond acceptors (Lipinski definition) is 3. The fourth-order valence-electron chi connectivity index (χ4n) is 3.69. The molecule has 0 bridgehead atoms. The van der Waals surface area contributed by atoms with Crippen LogP contribution >= 0.6 is 0 Å². The lowest BCUT2D eigenvalue weighted by molar-refractivity contribution is 0.0945. The first kappa shape index (κ1) is 15.7. The standard InChI is InChI=1S/C20H22N4O/c1-15-19(24-12-6-5-11-18(24)22-15)20(25)21-14-17-10-7-13-23(17)16-8-3-2-4-9-16/h2-6,8-9,11-12,17H,7,10,13-14H2,1H3,(H,21,25). The van der Waals surface area contributed by atoms with Gasteiger partial charge in [-0.2, -0.15) is 0 Å². The number of carbonyl (C=O) groups excluding carboxylic acids is 1. The summed E-state index contributed by atoms with van der Waals surface area (Å²) in [5, 5.41) is 3.12. The molecule has 1 saturated heterocycles. The molecule has 2 aromatic heterocycles. The predicted octanol–water partition coefficient (Wildman–Crippen LogP) is 3.04. The minimum absolute atomic E-state index is 0.0592. The van der Waals surface area contributed by atoms with Crippen LogP contribution in [0, 0.1) is 6.92 Å². The van der Waals surface area contributed by atoms with Gasteiger partial charge < -0.3 is 10.2 Å². The van der Waals surface area contributed by atoms with Gasteiger partial charge in [0, 0.05) is 31.0 Å². The van der Waals surface area contributed by atoms with Gasteiger partial charge in [-0.25, -0.2) is 4.98 Å². The molecule has 1 aromatic carbocycles. The molecule has 25 heavy (non-hydrogen) atoms. The number of pyridine rings is 1. The van der Waals surface area contributed by atoms with Gasteiger partial charge in [0.25, 0.3) is 5.91 Å². The summed E-state index contributed by atoms with van der Waals surface area (Å²) in [5.74, 6) is -0.0592. The molecule has 128 valence electrons. The largest absolute Gasteiger partial charge is 0.367 e. The Balaban J connectivity index is 1.49. The normalized spacial score (nSPS) is 17.2. The average Bonchev–Trinajstić information content (AvgIpc) is 3.23. The lowest BCUT2D eigenvalue weighted by Crippen LogP contribution is -2.40. The number of para-hydroxylation sites is 1. The van der Waals surface area contributed by atoms with E-state index in [9.17, 15) is 4.79 Å². The number of aromatic nitrogens is 2. The Morgan fingerprint density at radius 3 is 2.84 bits per heavy atom. The maximum absolute atomic E-state index is 12.8. The highest BCUT2D eigenvalue weighted by Crippen LogP contribution is 2.24. The van der Waals surface area contributed by atoms with Crippen molar-refractivity contribution in [3.05, 3.63) is 66.1 Å². The van der Waals surface area contributed by atoms with Crippen molar-refractivity contribution in [3.8, 4) is 0 Å². The van der Waals surface area contributed by atoms with Gasteiger partial charge in [0.2, 0.25) is 0 Å². The van der Waals surface area contributed by atoms with Crippen LogP contribution in [0.4, 0.5) is 5.69 Å². The summed E-state index contributed by atoms with van der Waals surface area (Å²) in [6, 6.07) is 16.5. The zero-order valence-electron chi connectivity index (χ0n) is 14.4. The first-order chi connectivity index (χ1) is 12.2. The summed E-state index contributed by atoms with van der Waals surface area (Å²) < 4.78 is 1.86. The van der Waals surface area contributed by atoms with E-state index in [0.717, 1.165) is 30.7 Å². The summed E-state index contributed by atoms with van der Waals surface area (Å²) in [7, 11) is 0. The van der Waals surface area contributed by atoms with E-state index in [0.29, 0.717) is 18.3 Å². The van der Waals surface area contributed by atoms with Gasteiger partial charge in [-0.15, -0.1) is 0 Å². The first-order valence-electron chi connectivity index (χ1n) is 8.77. The molecule has 0 spiro atoms. The molecule has 5 nitrogen and oxygen atoms in total. The fourth-order valence-corrected chi connectivity index (χ4v) is 3.69. The van der Waals surface area contributed by atoms with Gasteiger partial charge >= 0.3 is 0 Å². The van der Waals surface area contributed by atoms with Gasteiger partial charge in [0.15, 0.2) is 0 Å². The van der Waals surface area contributed by atoms with Crippen molar-refractivity contribution < 1.29 is 4.79 Å². The third-order valence-corrected chi connectivity index (χ3v) is 4.88. The number of fused-ring (bicyclic) bond motifs is 1. The van der Waals surface area contributed by atoms with E-state index in [1.807, 2.05) is 41.8 Å². The fraction of sp³-hybridized carbons (Fsp3) is 0.300. The van der Waals surface area contributed by atoms with Gasteiger partial charge in [-0.3, -0.25) is 9.20 Å². The van der Waals surface area contributed by atoms with Crippen molar-refractivity contribution in [2.24, 2.45) is 0 Å². The topological polar surface area (TPSA) is 49.6 Å². The highest BCUT2D eigenvalue weighted by Gasteiger charge is 2.26. The number of nitrogens with zero attached hydrogens (tertiary/aromatic N) is 3. The van der Waals surface area contributed by atoms with E-state index < -0.39 is 0 Å². The molecule has 5 heteroatoms. The Morgan fingerprint density at radius 1 is 1.20 bits per heavy atom. The molecular formula is C20H22N4O. The van der Waals surface area contributed by atoms with Crippen LogP contribution in [0.25, 0.3) is 5.65 Å². The second-order valence-corrected chi connectivity index (χ2v) is 6.51. The smallest absolute Gasteiger partial charge is 0.270 e. The maximum Gasteiger partial charge on any atom is 0.270 e. The van der Waals surface area contributed by atoms with Crippen LogP contribution < -0.4 is 10.2 Å². The van der Waals surface area contributed by atoms with Crippen LogP contribution in [0.1, 0.15) is 29.0 Å². The van der Waals surface area contributed by atoms with Crippen LogP contribution in [0.15, 0.2) is 54.7 Å². The number of rotatable bonds is 4. The van der Waals surface area contributed by atoms with E-state index >= 15 is 0 Å². The van der Waals surface area contributed by atoms with Gasteiger partial charge in [0.05, 0.1) is 5.69 Å². The summed E-state index contributed by atoms with van der Waals surface area (Å²) in [4.78, 5) is 19.6. The molecule has 1 aliphatic heterocycles. The monoisotopic (exact) mass is 334 g/mol. The lowest BCUT2D eigenvalue weighted by atomic mass is 10.2. The SMILES string of the molecule is Cc1nc2ccccn2c1C(=O)NCC1CCCN1c1ccccc1. The number of amides is 1. The van der Waals surface area contributed by atoms with Crippen LogP contribution in [0.5, 0.6) is 0 Å². The highest BCUT2D eigenvalue weighted by atomic mass is 16.2. The molecule has 0 aliphatic carbocycles. The third-order valence-electron chi connectivity index (χ3n) is 4.88. The molecule has 1 N–H and O–H groups in total. The number of aryl methyl sites for hydroxylation is 1. The van der Waals surface area contributed by atoms with Crippen LogP contribution in [0.3, 0.4) is 0 Å². The number of benzene rings is 1. The van der Waals surface area contributed by atoms with Gasteiger partial charge in [0.1, 0.15) is 11.3 Å². The van der Waals surface area contributed by atoms with Crippen molar-refractivity contribution in [2.75, 3.05) is 18.0 Å². The highest BCUT2D eigenvalue weighted by molar-refractivity contribution is 5.94. The molecule has 1 fully saturated rings. The van der Waals surface area contributed by atoms with E-state index in [-0.39, 0.29) is 5.91 Å². The van der Waals surface area contributed by atoms with Gasteiger partial charge in [-0.05, 0) is 44.0 Å². The number of nitrogens with one attached hydrogen (secondary N) is 1. The van der Waals surface area contributed by atoms with E-state index in [1.54, 1.807) is 0 Å². The van der Waals surface area contributed by atoms with E-state index in [4.69, 9.17) is 0 Å². The lowest BCUT2D eigenvalue weighted by Gasteiger charge is -2.27. The van der Waals surface area contributed by atoms with Crippen molar-refractivity contribution in [1.82, 2.24) is 14.7 Å². The second kappa shape index (κ2) is 6.59. The van der Waals surface area contributed by atoms with Crippen LogP contribution in [-0.2, 0) is 0 Å². The molecule has 3 heterocycles. The van der Waals surface area contributed by atoms with Crippen molar-refractivity contribution >= 4 is 17.2 Å². The number of anilines is 1. The quantitative estimate of drug-likeness (QED) is 0.798. The minimum Gasteiger partial charge on any atom is -0.367 e. The zero-order valence-corrected chi connectivity index (χ0v) is 14.4. The summed E-state index contributed by atoms with van der Waals surface area (Å²) in [6.07, 6.45) is 4.14. The molecule has 1 unspecified atom stereocenters.